The minimum Gasteiger partial charge on any atom is -0.310 e. The van der Waals surface area contributed by atoms with E-state index in [2.05, 4.69) is 4.90 Å². The highest BCUT2D eigenvalue weighted by Gasteiger charge is 2.25. The number of hydrogen-bond donors (Lipinski definition) is 0. The van der Waals surface area contributed by atoms with Crippen LogP contribution >= 0.6 is 11.8 Å². The number of carbonyl (C=O) groups excluding carboxylic acids is 2. The molecule has 0 atom stereocenters. The Morgan fingerprint density at radius 2 is 2.15 bits per heavy atom. The molecular weight excluding hydrogens is 272 g/mol. The lowest BCUT2D eigenvalue weighted by molar-refractivity contribution is -0.116. The van der Waals surface area contributed by atoms with Gasteiger partial charge in [0, 0.05) is 17.0 Å². The van der Waals surface area contributed by atoms with Crippen molar-refractivity contribution < 1.29 is 9.59 Å². The van der Waals surface area contributed by atoms with E-state index in [0.29, 0.717) is 17.9 Å². The van der Waals surface area contributed by atoms with E-state index in [1.807, 2.05) is 37.2 Å². The van der Waals surface area contributed by atoms with Crippen molar-refractivity contribution in [2.45, 2.75) is 18.2 Å². The lowest BCUT2D eigenvalue weighted by atomic mass is 10.1. The van der Waals surface area contributed by atoms with Gasteiger partial charge in [-0.05, 0) is 46.1 Å². The van der Waals surface area contributed by atoms with E-state index in [9.17, 15) is 9.59 Å². The zero-order valence-corrected chi connectivity index (χ0v) is 13.0. The van der Waals surface area contributed by atoms with Gasteiger partial charge < -0.3 is 9.80 Å². The molecule has 2 rings (SSSR count). The number of rotatable bonds is 5. The fourth-order valence-electron chi connectivity index (χ4n) is 2.21. The molecule has 20 heavy (non-hydrogen) atoms. The molecule has 0 saturated heterocycles. The van der Waals surface area contributed by atoms with Crippen molar-refractivity contribution >= 4 is 29.1 Å². The van der Waals surface area contributed by atoms with E-state index in [-0.39, 0.29) is 11.7 Å². The SMILES string of the molecule is CC(=O)c1ccc2c(c1)N(CCCN(C)C)C(=O)CS2. The van der Waals surface area contributed by atoms with Crippen molar-refractivity contribution in [3.05, 3.63) is 23.8 Å². The molecular formula is C15H20N2O2S. The monoisotopic (exact) mass is 292 g/mol. The smallest absolute Gasteiger partial charge is 0.237 e. The molecule has 0 bridgehead atoms. The number of thioether (sulfide) groups is 1. The summed E-state index contributed by atoms with van der Waals surface area (Å²) in [5.74, 6) is 0.639. The van der Waals surface area contributed by atoms with Gasteiger partial charge in [-0.25, -0.2) is 0 Å². The standard InChI is InChI=1S/C15H20N2O2S/c1-11(18)12-5-6-14-13(9-12)17(15(19)10-20-14)8-4-7-16(2)3/h5-6,9H,4,7-8,10H2,1-3H3. The molecule has 1 heterocycles. The number of benzene rings is 1. The third kappa shape index (κ3) is 3.41. The van der Waals surface area contributed by atoms with Crippen LogP contribution < -0.4 is 4.90 Å². The Balaban J connectivity index is 2.22. The molecule has 1 aromatic carbocycles. The van der Waals surface area contributed by atoms with Crippen LogP contribution in [-0.2, 0) is 4.79 Å². The fraction of sp³-hybridized carbons (Fsp3) is 0.467. The lowest BCUT2D eigenvalue weighted by Crippen LogP contribution is -2.37. The van der Waals surface area contributed by atoms with Gasteiger partial charge in [-0.3, -0.25) is 9.59 Å². The molecule has 0 saturated carbocycles. The van der Waals surface area contributed by atoms with Crippen LogP contribution in [0.15, 0.2) is 23.1 Å². The normalized spacial score (nSPS) is 14.6. The topological polar surface area (TPSA) is 40.6 Å². The molecule has 0 spiro atoms. The first-order chi connectivity index (χ1) is 9.49. The summed E-state index contributed by atoms with van der Waals surface area (Å²) < 4.78 is 0. The van der Waals surface area contributed by atoms with Gasteiger partial charge >= 0.3 is 0 Å². The average Bonchev–Trinajstić information content (AvgIpc) is 2.40. The molecule has 0 N–H and O–H groups in total. The molecule has 1 amide bonds. The van der Waals surface area contributed by atoms with Gasteiger partial charge in [0.2, 0.25) is 5.91 Å². The molecule has 1 aliphatic heterocycles. The maximum absolute atomic E-state index is 12.1. The second-order valence-corrected chi connectivity index (χ2v) is 6.25. The van der Waals surface area contributed by atoms with Crippen LogP contribution in [0, 0.1) is 0 Å². The molecule has 0 aromatic heterocycles. The summed E-state index contributed by atoms with van der Waals surface area (Å²) in [5.41, 5.74) is 1.55. The second-order valence-electron chi connectivity index (χ2n) is 5.23. The van der Waals surface area contributed by atoms with Crippen LogP contribution in [0.4, 0.5) is 5.69 Å². The summed E-state index contributed by atoms with van der Waals surface area (Å²) in [4.78, 5) is 28.6. The Morgan fingerprint density at radius 1 is 1.40 bits per heavy atom. The van der Waals surface area contributed by atoms with Gasteiger partial charge in [-0.15, -0.1) is 11.8 Å². The predicted molar refractivity (Wildman–Crippen MR) is 82.7 cm³/mol. The first kappa shape index (κ1) is 15.1. The fourth-order valence-corrected chi connectivity index (χ4v) is 3.13. The first-order valence-corrected chi connectivity index (χ1v) is 7.70. The number of nitrogens with zero attached hydrogens (tertiary/aromatic N) is 2. The Kier molecular flexibility index (Phi) is 4.83. The Morgan fingerprint density at radius 3 is 2.80 bits per heavy atom. The van der Waals surface area contributed by atoms with E-state index in [1.165, 1.54) is 0 Å². The molecule has 1 aliphatic rings. The number of anilines is 1. The molecule has 0 unspecified atom stereocenters. The largest absolute Gasteiger partial charge is 0.310 e. The summed E-state index contributed by atoms with van der Waals surface area (Å²) in [6, 6.07) is 5.63. The highest BCUT2D eigenvalue weighted by Crippen LogP contribution is 2.36. The van der Waals surface area contributed by atoms with E-state index in [0.717, 1.165) is 23.5 Å². The van der Waals surface area contributed by atoms with Crippen molar-refractivity contribution in [1.82, 2.24) is 4.90 Å². The molecule has 0 aliphatic carbocycles. The van der Waals surface area contributed by atoms with E-state index < -0.39 is 0 Å². The Hall–Kier alpha value is -1.33. The number of carbonyl (C=O) groups is 2. The Bertz CT molecular complexity index is 529. The number of amides is 1. The van der Waals surface area contributed by atoms with Gasteiger partial charge in [0.25, 0.3) is 0 Å². The molecule has 0 fully saturated rings. The van der Waals surface area contributed by atoms with Gasteiger partial charge in [0.1, 0.15) is 0 Å². The van der Waals surface area contributed by atoms with Crippen molar-refractivity contribution in [3.8, 4) is 0 Å². The highest BCUT2D eigenvalue weighted by atomic mass is 32.2. The third-order valence-corrected chi connectivity index (χ3v) is 4.34. The third-order valence-electron chi connectivity index (χ3n) is 3.30. The van der Waals surface area contributed by atoms with Crippen LogP contribution in [0.25, 0.3) is 0 Å². The summed E-state index contributed by atoms with van der Waals surface area (Å²) in [6.45, 7) is 3.19. The van der Waals surface area contributed by atoms with E-state index >= 15 is 0 Å². The van der Waals surface area contributed by atoms with Crippen LogP contribution in [0.2, 0.25) is 0 Å². The summed E-state index contributed by atoms with van der Waals surface area (Å²) in [6.07, 6.45) is 0.924. The molecule has 1 aromatic rings. The van der Waals surface area contributed by atoms with Gasteiger partial charge in [0.15, 0.2) is 5.78 Å². The highest BCUT2D eigenvalue weighted by molar-refractivity contribution is 8.00. The molecule has 4 nitrogen and oxygen atoms in total. The minimum atomic E-state index is 0.0315. The maximum atomic E-state index is 12.1. The number of Topliss-reactive ketones (excluding diaryl/α,β-unsaturated/α-hetero) is 1. The lowest BCUT2D eigenvalue weighted by Gasteiger charge is -2.29. The van der Waals surface area contributed by atoms with Gasteiger partial charge in [0.05, 0.1) is 11.4 Å². The van der Waals surface area contributed by atoms with Crippen LogP contribution in [0.5, 0.6) is 0 Å². The number of ketones is 1. The van der Waals surface area contributed by atoms with Crippen molar-refractivity contribution in [2.24, 2.45) is 0 Å². The number of hydrogen-bond acceptors (Lipinski definition) is 4. The Labute approximate surface area is 124 Å². The number of fused-ring (bicyclic) bond motifs is 1. The quantitative estimate of drug-likeness (QED) is 0.781. The van der Waals surface area contributed by atoms with Crippen LogP contribution in [0.3, 0.4) is 0 Å². The zero-order valence-electron chi connectivity index (χ0n) is 12.2. The summed E-state index contributed by atoms with van der Waals surface area (Å²) >= 11 is 1.55. The van der Waals surface area contributed by atoms with Crippen LogP contribution in [-0.4, -0.2) is 49.5 Å². The van der Waals surface area contributed by atoms with Crippen LogP contribution in [0.1, 0.15) is 23.7 Å². The van der Waals surface area contributed by atoms with E-state index in [4.69, 9.17) is 0 Å². The summed E-state index contributed by atoms with van der Waals surface area (Å²) in [7, 11) is 4.05. The molecule has 5 heteroatoms. The van der Waals surface area contributed by atoms with Crippen molar-refractivity contribution in [1.29, 1.82) is 0 Å². The van der Waals surface area contributed by atoms with Crippen molar-refractivity contribution in [3.63, 3.8) is 0 Å². The van der Waals surface area contributed by atoms with Gasteiger partial charge in [-0.2, -0.15) is 0 Å². The zero-order chi connectivity index (χ0) is 14.7. The van der Waals surface area contributed by atoms with Gasteiger partial charge in [-0.1, -0.05) is 6.07 Å². The molecule has 0 radical (unpaired) electrons. The first-order valence-electron chi connectivity index (χ1n) is 6.72. The maximum Gasteiger partial charge on any atom is 0.237 e. The van der Waals surface area contributed by atoms with E-state index in [1.54, 1.807) is 18.7 Å². The minimum absolute atomic E-state index is 0.0315. The predicted octanol–water partition coefficient (Wildman–Crippen LogP) is 2.28. The average molecular weight is 292 g/mol. The molecule has 108 valence electrons. The summed E-state index contributed by atoms with van der Waals surface area (Å²) in [5, 5.41) is 0. The van der Waals surface area contributed by atoms with Crippen molar-refractivity contribution in [2.75, 3.05) is 37.8 Å². The second kappa shape index (κ2) is 6.41.